The molecule has 172 valence electrons. The number of nitrogens with one attached hydrogen (secondary N) is 2. The number of amides is 2. The van der Waals surface area contributed by atoms with E-state index >= 15 is 0 Å². The van der Waals surface area contributed by atoms with Crippen molar-refractivity contribution in [3.8, 4) is 0 Å². The highest BCUT2D eigenvalue weighted by molar-refractivity contribution is 7.12. The molecule has 2 amide bonds. The van der Waals surface area contributed by atoms with E-state index in [0.717, 1.165) is 37.9 Å². The number of rotatable bonds is 4. The molecule has 0 atom stereocenters. The number of benzene rings is 2. The van der Waals surface area contributed by atoms with E-state index in [2.05, 4.69) is 10.6 Å². The Morgan fingerprint density at radius 1 is 0.882 bits per heavy atom. The molecule has 8 heteroatoms. The molecule has 0 spiro atoms. The molecule has 0 saturated carbocycles. The summed E-state index contributed by atoms with van der Waals surface area (Å²) in [6.07, 6.45) is 5.05. The number of hydrogen-bond acceptors (Lipinski definition) is 5. The summed E-state index contributed by atoms with van der Waals surface area (Å²) in [5.41, 5.74) is 2.20. The Morgan fingerprint density at radius 3 is 2.35 bits per heavy atom. The molecule has 1 aliphatic rings. The van der Waals surface area contributed by atoms with Gasteiger partial charge in [0.1, 0.15) is 5.82 Å². The number of hydrogen-bond donors (Lipinski definition) is 2. The number of thiophene rings is 1. The number of carbonyl (C=O) groups is 2. The first kappa shape index (κ1) is 22.0. The van der Waals surface area contributed by atoms with Crippen molar-refractivity contribution in [3.05, 3.63) is 86.6 Å². The van der Waals surface area contributed by atoms with Gasteiger partial charge < -0.3 is 10.6 Å². The van der Waals surface area contributed by atoms with E-state index in [1.807, 2.05) is 11.4 Å². The van der Waals surface area contributed by atoms with Crippen LogP contribution < -0.4 is 16.2 Å². The van der Waals surface area contributed by atoms with Gasteiger partial charge in [0.2, 0.25) is 0 Å². The van der Waals surface area contributed by atoms with Crippen molar-refractivity contribution in [2.75, 3.05) is 10.6 Å². The lowest BCUT2D eigenvalue weighted by Crippen LogP contribution is -2.26. The fourth-order valence-electron chi connectivity index (χ4n) is 4.18. The highest BCUT2D eigenvalue weighted by Crippen LogP contribution is 2.19. The lowest BCUT2D eigenvalue weighted by atomic mass is 10.1. The lowest BCUT2D eigenvalue weighted by molar-refractivity contribution is 0.102. The molecule has 2 aromatic heterocycles. The third kappa shape index (κ3) is 4.63. The summed E-state index contributed by atoms with van der Waals surface area (Å²) in [6, 6.07) is 15.6. The van der Waals surface area contributed by atoms with Crippen LogP contribution in [0, 0.1) is 0 Å². The van der Waals surface area contributed by atoms with E-state index in [1.165, 1.54) is 11.3 Å². The zero-order valence-electron chi connectivity index (χ0n) is 18.5. The van der Waals surface area contributed by atoms with E-state index in [9.17, 15) is 14.4 Å². The SMILES string of the molecule is O=C(Nc1ccc(NC(=O)c2cccs2)cc1)c1ccc2c(=O)n3c(nc2c1)CCCCCC3. The second-order valence-corrected chi connectivity index (χ2v) is 9.29. The number of aromatic nitrogens is 2. The molecule has 2 N–H and O–H groups in total. The molecule has 0 fully saturated rings. The molecule has 0 radical (unpaired) electrons. The van der Waals surface area contributed by atoms with Crippen molar-refractivity contribution >= 4 is 45.4 Å². The Kier molecular flexibility index (Phi) is 6.22. The molecule has 1 aliphatic heterocycles. The van der Waals surface area contributed by atoms with Crippen LogP contribution in [-0.4, -0.2) is 21.4 Å². The summed E-state index contributed by atoms with van der Waals surface area (Å²) in [4.78, 5) is 43.4. The van der Waals surface area contributed by atoms with E-state index in [1.54, 1.807) is 53.1 Å². The zero-order valence-corrected chi connectivity index (χ0v) is 19.4. The van der Waals surface area contributed by atoms with Crippen LogP contribution in [0.3, 0.4) is 0 Å². The van der Waals surface area contributed by atoms with Gasteiger partial charge in [0, 0.05) is 29.9 Å². The lowest BCUT2D eigenvalue weighted by Gasteiger charge is -2.16. The van der Waals surface area contributed by atoms with Gasteiger partial charge in [0.05, 0.1) is 15.8 Å². The summed E-state index contributed by atoms with van der Waals surface area (Å²) in [7, 11) is 0. The van der Waals surface area contributed by atoms with Gasteiger partial charge >= 0.3 is 0 Å². The Labute approximate surface area is 200 Å². The Balaban J connectivity index is 1.32. The van der Waals surface area contributed by atoms with Crippen molar-refractivity contribution in [2.45, 2.75) is 38.6 Å². The minimum Gasteiger partial charge on any atom is -0.322 e. The normalized spacial score (nSPS) is 13.5. The summed E-state index contributed by atoms with van der Waals surface area (Å²) < 4.78 is 1.79. The average Bonchev–Trinajstić information content (AvgIpc) is 3.37. The monoisotopic (exact) mass is 472 g/mol. The number of carbonyl (C=O) groups excluding carboxylic acids is 2. The second-order valence-electron chi connectivity index (χ2n) is 8.34. The summed E-state index contributed by atoms with van der Waals surface area (Å²) in [6.45, 7) is 0.698. The van der Waals surface area contributed by atoms with Crippen LogP contribution in [0.1, 0.15) is 51.5 Å². The first-order valence-electron chi connectivity index (χ1n) is 11.4. The number of aryl methyl sites for hydroxylation is 1. The van der Waals surface area contributed by atoms with Crippen LogP contribution in [-0.2, 0) is 13.0 Å². The molecule has 2 aromatic carbocycles. The van der Waals surface area contributed by atoms with Crippen molar-refractivity contribution in [2.24, 2.45) is 0 Å². The maximum Gasteiger partial charge on any atom is 0.265 e. The molecular formula is C26H24N4O3S. The van der Waals surface area contributed by atoms with E-state index < -0.39 is 0 Å². The van der Waals surface area contributed by atoms with Crippen molar-refractivity contribution in [1.29, 1.82) is 0 Å². The highest BCUT2D eigenvalue weighted by Gasteiger charge is 2.15. The van der Waals surface area contributed by atoms with Gasteiger partial charge in [-0.15, -0.1) is 11.3 Å². The van der Waals surface area contributed by atoms with Gasteiger partial charge in [-0.1, -0.05) is 18.9 Å². The van der Waals surface area contributed by atoms with Gasteiger partial charge in [-0.25, -0.2) is 4.98 Å². The summed E-state index contributed by atoms with van der Waals surface area (Å²) in [5, 5.41) is 8.08. The number of nitrogens with zero attached hydrogens (tertiary/aromatic N) is 2. The molecule has 0 aliphatic carbocycles. The van der Waals surface area contributed by atoms with Crippen LogP contribution in [0.15, 0.2) is 64.8 Å². The standard InChI is InChI=1S/C26H24N4O3S/c31-24(27-18-9-11-19(12-10-18)28-25(32)22-6-5-15-34-22)17-8-13-20-21(16-17)29-23-7-3-1-2-4-14-30(23)26(20)33/h5-6,8-13,15-16H,1-4,7,14H2,(H,27,31)(H,28,32). The van der Waals surface area contributed by atoms with Crippen molar-refractivity contribution in [3.63, 3.8) is 0 Å². The van der Waals surface area contributed by atoms with Gasteiger partial charge in [0.25, 0.3) is 17.4 Å². The van der Waals surface area contributed by atoms with Crippen LogP contribution in [0.2, 0.25) is 0 Å². The number of anilines is 2. The van der Waals surface area contributed by atoms with E-state index in [0.29, 0.717) is 39.3 Å². The Morgan fingerprint density at radius 2 is 1.62 bits per heavy atom. The fraction of sp³-hybridized carbons (Fsp3) is 0.231. The topological polar surface area (TPSA) is 93.1 Å². The predicted molar refractivity (Wildman–Crippen MR) is 135 cm³/mol. The molecular weight excluding hydrogens is 448 g/mol. The first-order chi connectivity index (χ1) is 16.6. The Hall–Kier alpha value is -3.78. The predicted octanol–water partition coefficient (Wildman–Crippen LogP) is 5.08. The van der Waals surface area contributed by atoms with Crippen LogP contribution >= 0.6 is 11.3 Å². The molecule has 7 nitrogen and oxygen atoms in total. The molecule has 3 heterocycles. The van der Waals surface area contributed by atoms with E-state index in [4.69, 9.17) is 4.98 Å². The highest BCUT2D eigenvalue weighted by atomic mass is 32.1. The van der Waals surface area contributed by atoms with Crippen LogP contribution in [0.25, 0.3) is 10.9 Å². The minimum atomic E-state index is -0.286. The smallest absolute Gasteiger partial charge is 0.265 e. The molecule has 4 aromatic rings. The maximum absolute atomic E-state index is 13.0. The molecule has 0 unspecified atom stereocenters. The van der Waals surface area contributed by atoms with Crippen molar-refractivity contribution in [1.82, 2.24) is 9.55 Å². The van der Waals surface area contributed by atoms with Crippen LogP contribution in [0.5, 0.6) is 0 Å². The zero-order chi connectivity index (χ0) is 23.5. The van der Waals surface area contributed by atoms with Gasteiger partial charge in [-0.05, 0) is 66.8 Å². The van der Waals surface area contributed by atoms with Gasteiger partial charge in [0.15, 0.2) is 0 Å². The average molecular weight is 473 g/mol. The fourth-order valence-corrected chi connectivity index (χ4v) is 4.80. The molecule has 0 saturated heterocycles. The molecule has 34 heavy (non-hydrogen) atoms. The van der Waals surface area contributed by atoms with Crippen LogP contribution in [0.4, 0.5) is 11.4 Å². The molecule has 0 bridgehead atoms. The molecule has 5 rings (SSSR count). The minimum absolute atomic E-state index is 0.0333. The van der Waals surface area contributed by atoms with E-state index in [-0.39, 0.29) is 17.4 Å². The van der Waals surface area contributed by atoms with Gasteiger partial charge in [-0.3, -0.25) is 19.0 Å². The van der Waals surface area contributed by atoms with Gasteiger partial charge in [-0.2, -0.15) is 0 Å². The first-order valence-corrected chi connectivity index (χ1v) is 12.3. The third-order valence-electron chi connectivity index (χ3n) is 5.97. The van der Waals surface area contributed by atoms with Crippen molar-refractivity contribution < 1.29 is 9.59 Å². The summed E-state index contributed by atoms with van der Waals surface area (Å²) in [5.74, 6) is 0.348. The largest absolute Gasteiger partial charge is 0.322 e. The quantitative estimate of drug-likeness (QED) is 0.433. The second kappa shape index (κ2) is 9.61. The third-order valence-corrected chi connectivity index (χ3v) is 6.84. The number of fused-ring (bicyclic) bond motifs is 2. The maximum atomic E-state index is 13.0. The Bertz CT molecular complexity index is 1410. The summed E-state index contributed by atoms with van der Waals surface area (Å²) >= 11 is 1.38.